The van der Waals surface area contributed by atoms with E-state index in [0.717, 1.165) is 16.5 Å². The van der Waals surface area contributed by atoms with E-state index in [1.54, 1.807) is 7.11 Å². The molecule has 0 aliphatic heterocycles. The van der Waals surface area contributed by atoms with Gasteiger partial charge in [0.2, 0.25) is 0 Å². The molecule has 0 aliphatic rings. The maximum absolute atomic E-state index is 11.2. The molecule has 0 amide bonds. The number of carboxylic acids is 1. The van der Waals surface area contributed by atoms with Gasteiger partial charge in [0.05, 0.1) is 25.6 Å². The van der Waals surface area contributed by atoms with Crippen LogP contribution in [0, 0.1) is 0 Å². The minimum absolute atomic E-state index is 0.0721. The fourth-order valence-corrected chi connectivity index (χ4v) is 2.96. The van der Waals surface area contributed by atoms with Crippen LogP contribution in [0.5, 0.6) is 5.88 Å². The first-order chi connectivity index (χ1) is 11.1. The van der Waals surface area contributed by atoms with Crippen LogP contribution in [0.3, 0.4) is 0 Å². The molecule has 0 radical (unpaired) electrons. The van der Waals surface area contributed by atoms with Gasteiger partial charge >= 0.3 is 5.97 Å². The summed E-state index contributed by atoms with van der Waals surface area (Å²) in [7, 11) is 1.57. The van der Waals surface area contributed by atoms with Gasteiger partial charge < -0.3 is 14.4 Å². The van der Waals surface area contributed by atoms with Crippen molar-refractivity contribution in [3.63, 3.8) is 0 Å². The smallest absolute Gasteiger partial charge is 0.308 e. The summed E-state index contributed by atoms with van der Waals surface area (Å²) in [5.74, 6) is -0.291. The SMILES string of the molecule is COc1c(CC(=O)O)c2ccccc2n1Cc1ccc(Cl)cc1. The standard InChI is InChI=1S/C18H16ClNO3/c1-23-18-15(10-17(21)22)14-4-2-3-5-16(14)20(18)11-12-6-8-13(19)9-7-12/h2-9H,10-11H2,1H3,(H,21,22). The number of para-hydroxylation sites is 1. The first-order valence-corrected chi connectivity index (χ1v) is 7.58. The number of methoxy groups -OCH3 is 1. The number of halogens is 1. The molecule has 2 aromatic carbocycles. The number of hydrogen-bond donors (Lipinski definition) is 1. The Kier molecular flexibility index (Phi) is 4.26. The van der Waals surface area contributed by atoms with Gasteiger partial charge in [-0.05, 0) is 23.8 Å². The molecular formula is C18H16ClNO3. The molecule has 0 unspecified atom stereocenters. The Balaban J connectivity index is 2.14. The molecule has 23 heavy (non-hydrogen) atoms. The number of nitrogens with zero attached hydrogens (tertiary/aromatic N) is 1. The van der Waals surface area contributed by atoms with Gasteiger partial charge in [0.25, 0.3) is 0 Å². The highest BCUT2D eigenvalue weighted by Gasteiger charge is 2.19. The zero-order valence-electron chi connectivity index (χ0n) is 12.6. The summed E-state index contributed by atoms with van der Waals surface area (Å²) in [6.07, 6.45) is -0.0721. The lowest BCUT2D eigenvalue weighted by Crippen LogP contribution is -2.05. The predicted molar refractivity (Wildman–Crippen MR) is 90.4 cm³/mol. The number of benzene rings is 2. The van der Waals surface area contributed by atoms with Crippen molar-refractivity contribution in [2.45, 2.75) is 13.0 Å². The van der Waals surface area contributed by atoms with Crippen molar-refractivity contribution in [1.29, 1.82) is 0 Å². The average Bonchev–Trinajstić information content (AvgIpc) is 2.82. The zero-order valence-corrected chi connectivity index (χ0v) is 13.4. The van der Waals surface area contributed by atoms with E-state index >= 15 is 0 Å². The van der Waals surface area contributed by atoms with Gasteiger partial charge in [-0.15, -0.1) is 0 Å². The number of aliphatic carboxylic acids is 1. The third-order valence-electron chi connectivity index (χ3n) is 3.80. The van der Waals surface area contributed by atoms with Crippen molar-refractivity contribution in [2.24, 2.45) is 0 Å². The van der Waals surface area contributed by atoms with Crippen molar-refractivity contribution < 1.29 is 14.6 Å². The minimum atomic E-state index is -0.877. The maximum Gasteiger partial charge on any atom is 0.308 e. The van der Waals surface area contributed by atoms with Gasteiger partial charge in [0.1, 0.15) is 0 Å². The number of carboxylic acid groups (broad SMARTS) is 1. The molecule has 1 aromatic heterocycles. The molecule has 0 bridgehead atoms. The summed E-state index contributed by atoms with van der Waals surface area (Å²) in [4.78, 5) is 11.2. The first kappa shape index (κ1) is 15.4. The number of fused-ring (bicyclic) bond motifs is 1. The quantitative estimate of drug-likeness (QED) is 0.770. The van der Waals surface area contributed by atoms with Crippen molar-refractivity contribution in [1.82, 2.24) is 4.57 Å². The molecule has 3 rings (SSSR count). The molecule has 0 spiro atoms. The van der Waals surface area contributed by atoms with E-state index in [1.165, 1.54) is 0 Å². The highest BCUT2D eigenvalue weighted by Crippen LogP contribution is 2.33. The summed E-state index contributed by atoms with van der Waals surface area (Å²) in [6, 6.07) is 15.3. The molecule has 1 N–H and O–H groups in total. The molecule has 4 nitrogen and oxygen atoms in total. The molecule has 3 aromatic rings. The molecule has 0 fully saturated rings. The molecule has 1 heterocycles. The minimum Gasteiger partial charge on any atom is -0.482 e. The summed E-state index contributed by atoms with van der Waals surface area (Å²) >= 11 is 5.93. The zero-order chi connectivity index (χ0) is 16.4. The molecule has 0 saturated carbocycles. The third kappa shape index (κ3) is 3.03. The second-order valence-corrected chi connectivity index (χ2v) is 5.72. The van der Waals surface area contributed by atoms with E-state index in [-0.39, 0.29) is 6.42 Å². The topological polar surface area (TPSA) is 51.5 Å². The summed E-state index contributed by atoms with van der Waals surface area (Å²) < 4.78 is 7.53. The van der Waals surface area contributed by atoms with Crippen LogP contribution in [0.2, 0.25) is 5.02 Å². The van der Waals surface area contributed by atoms with Crippen LogP contribution in [0.4, 0.5) is 0 Å². The summed E-state index contributed by atoms with van der Waals surface area (Å²) in [5, 5.41) is 10.8. The number of aromatic nitrogens is 1. The number of ether oxygens (including phenoxy) is 1. The second kappa shape index (κ2) is 6.34. The fourth-order valence-electron chi connectivity index (χ4n) is 2.84. The monoisotopic (exact) mass is 329 g/mol. The summed E-state index contributed by atoms with van der Waals surface area (Å²) in [6.45, 7) is 0.584. The van der Waals surface area contributed by atoms with E-state index < -0.39 is 5.97 Å². The Morgan fingerprint density at radius 2 is 1.87 bits per heavy atom. The molecule has 0 atom stereocenters. The Bertz CT molecular complexity index is 853. The van der Waals surface area contributed by atoms with Crippen LogP contribution in [0.25, 0.3) is 10.9 Å². The highest BCUT2D eigenvalue weighted by molar-refractivity contribution is 6.30. The Morgan fingerprint density at radius 3 is 2.52 bits per heavy atom. The van der Waals surface area contributed by atoms with E-state index in [4.69, 9.17) is 16.3 Å². The Labute approximate surface area is 138 Å². The Morgan fingerprint density at radius 1 is 1.17 bits per heavy atom. The van der Waals surface area contributed by atoms with E-state index in [9.17, 15) is 9.90 Å². The van der Waals surface area contributed by atoms with Gasteiger partial charge in [-0.3, -0.25) is 4.79 Å². The van der Waals surface area contributed by atoms with Crippen LogP contribution in [0.15, 0.2) is 48.5 Å². The van der Waals surface area contributed by atoms with Crippen LogP contribution >= 0.6 is 11.6 Å². The van der Waals surface area contributed by atoms with Crippen LogP contribution < -0.4 is 4.74 Å². The molecule has 0 saturated heterocycles. The molecular weight excluding hydrogens is 314 g/mol. The van der Waals surface area contributed by atoms with Crippen molar-refractivity contribution in [2.75, 3.05) is 7.11 Å². The van der Waals surface area contributed by atoms with Crippen molar-refractivity contribution in [3.8, 4) is 5.88 Å². The van der Waals surface area contributed by atoms with Crippen LogP contribution in [0.1, 0.15) is 11.1 Å². The van der Waals surface area contributed by atoms with E-state index in [0.29, 0.717) is 23.0 Å². The average molecular weight is 330 g/mol. The van der Waals surface area contributed by atoms with Crippen LogP contribution in [-0.2, 0) is 17.8 Å². The number of rotatable bonds is 5. The number of hydrogen-bond acceptors (Lipinski definition) is 2. The lowest BCUT2D eigenvalue weighted by Gasteiger charge is -2.11. The second-order valence-electron chi connectivity index (χ2n) is 5.29. The van der Waals surface area contributed by atoms with Gasteiger partial charge in [-0.1, -0.05) is 41.9 Å². The molecule has 5 heteroatoms. The third-order valence-corrected chi connectivity index (χ3v) is 4.05. The fraction of sp³-hybridized carbons (Fsp3) is 0.167. The Hall–Kier alpha value is -2.46. The van der Waals surface area contributed by atoms with Crippen molar-refractivity contribution in [3.05, 3.63) is 64.7 Å². The van der Waals surface area contributed by atoms with E-state index in [1.807, 2.05) is 53.1 Å². The van der Waals surface area contributed by atoms with Gasteiger partial charge in [0.15, 0.2) is 5.88 Å². The molecule has 0 aliphatic carbocycles. The van der Waals surface area contributed by atoms with Crippen molar-refractivity contribution >= 4 is 28.5 Å². The van der Waals surface area contributed by atoms with Gasteiger partial charge in [-0.25, -0.2) is 0 Å². The largest absolute Gasteiger partial charge is 0.482 e. The summed E-state index contributed by atoms with van der Waals surface area (Å²) in [5.41, 5.74) is 2.72. The highest BCUT2D eigenvalue weighted by atomic mass is 35.5. The predicted octanol–water partition coefficient (Wildman–Crippen LogP) is 3.98. The lowest BCUT2D eigenvalue weighted by molar-refractivity contribution is -0.136. The first-order valence-electron chi connectivity index (χ1n) is 7.20. The van der Waals surface area contributed by atoms with Crippen LogP contribution in [-0.4, -0.2) is 22.8 Å². The van der Waals surface area contributed by atoms with E-state index in [2.05, 4.69) is 0 Å². The lowest BCUT2D eigenvalue weighted by atomic mass is 10.1. The van der Waals surface area contributed by atoms with Gasteiger partial charge in [0, 0.05) is 16.0 Å². The normalized spacial score (nSPS) is 10.9. The number of carbonyl (C=O) groups is 1. The molecule has 118 valence electrons. The van der Waals surface area contributed by atoms with Gasteiger partial charge in [-0.2, -0.15) is 0 Å². The maximum atomic E-state index is 11.2.